The van der Waals surface area contributed by atoms with Crippen LogP contribution in [0.2, 0.25) is 0 Å². The van der Waals surface area contributed by atoms with Gasteiger partial charge in [-0.2, -0.15) is 0 Å². The highest BCUT2D eigenvalue weighted by Crippen LogP contribution is 2.15. The third-order valence-corrected chi connectivity index (χ3v) is 3.33. The predicted octanol–water partition coefficient (Wildman–Crippen LogP) is -0.583. The van der Waals surface area contributed by atoms with Crippen molar-refractivity contribution in [3.8, 4) is 0 Å². The first-order chi connectivity index (χ1) is 11.2. The molecular formula is C15H19N5O4. The number of H-pyrrole nitrogens is 3. The van der Waals surface area contributed by atoms with E-state index in [2.05, 4.69) is 25.3 Å². The monoisotopic (exact) mass is 333 g/mol. The molecule has 0 radical (unpaired) electrons. The minimum Gasteiger partial charge on any atom is -0.351 e. The molecule has 24 heavy (non-hydrogen) atoms. The van der Waals surface area contributed by atoms with Crippen LogP contribution in [0.25, 0.3) is 0 Å². The summed E-state index contributed by atoms with van der Waals surface area (Å²) in [6.07, 6.45) is 2.74. The lowest BCUT2D eigenvalue weighted by atomic mass is 9.96. The second-order valence-corrected chi connectivity index (χ2v) is 6.33. The van der Waals surface area contributed by atoms with Crippen molar-refractivity contribution >= 4 is 5.91 Å². The molecule has 0 fully saturated rings. The van der Waals surface area contributed by atoms with Gasteiger partial charge in [-0.15, -0.1) is 0 Å². The number of nitrogens with one attached hydrogen (secondary N) is 4. The summed E-state index contributed by atoms with van der Waals surface area (Å²) in [6, 6.07) is 0. The molecule has 0 atom stereocenters. The van der Waals surface area contributed by atoms with Crippen LogP contribution in [0.5, 0.6) is 0 Å². The predicted molar refractivity (Wildman–Crippen MR) is 87.3 cm³/mol. The van der Waals surface area contributed by atoms with E-state index in [9.17, 15) is 19.2 Å². The Morgan fingerprint density at radius 2 is 1.88 bits per heavy atom. The highest BCUT2D eigenvalue weighted by Gasteiger charge is 2.19. The minimum absolute atomic E-state index is 0.0987. The van der Waals surface area contributed by atoms with Crippen molar-refractivity contribution < 1.29 is 4.79 Å². The van der Waals surface area contributed by atoms with Gasteiger partial charge in [-0.1, -0.05) is 20.8 Å². The summed E-state index contributed by atoms with van der Waals surface area (Å²) < 4.78 is 0. The van der Waals surface area contributed by atoms with Gasteiger partial charge in [0, 0.05) is 29.9 Å². The van der Waals surface area contributed by atoms with Crippen LogP contribution in [0.1, 0.15) is 42.5 Å². The minimum atomic E-state index is -0.593. The van der Waals surface area contributed by atoms with E-state index in [1.807, 2.05) is 20.8 Å². The fraction of sp³-hybridized carbons (Fsp3) is 0.400. The fourth-order valence-electron chi connectivity index (χ4n) is 1.97. The number of amides is 1. The molecule has 0 bridgehead atoms. The zero-order chi connectivity index (χ0) is 17.9. The molecule has 2 rings (SSSR count). The molecule has 0 aliphatic carbocycles. The molecule has 0 saturated carbocycles. The normalized spacial score (nSPS) is 11.3. The Hall–Kier alpha value is -2.97. The molecule has 9 heteroatoms. The average Bonchev–Trinajstić information content (AvgIpc) is 2.48. The highest BCUT2D eigenvalue weighted by atomic mass is 16.2. The average molecular weight is 333 g/mol. The molecule has 1 amide bonds. The van der Waals surface area contributed by atoms with E-state index in [0.29, 0.717) is 11.4 Å². The molecule has 0 aromatic carbocycles. The Morgan fingerprint density at radius 1 is 1.17 bits per heavy atom. The number of rotatable bonds is 4. The van der Waals surface area contributed by atoms with Gasteiger partial charge in [0.25, 0.3) is 17.0 Å². The van der Waals surface area contributed by atoms with Crippen molar-refractivity contribution in [3.05, 3.63) is 60.5 Å². The van der Waals surface area contributed by atoms with Crippen LogP contribution in [0.3, 0.4) is 0 Å². The van der Waals surface area contributed by atoms with Crippen molar-refractivity contribution in [1.82, 2.24) is 25.3 Å². The van der Waals surface area contributed by atoms with Crippen molar-refractivity contribution in [2.45, 2.75) is 32.6 Å². The van der Waals surface area contributed by atoms with E-state index in [-0.39, 0.29) is 23.9 Å². The van der Waals surface area contributed by atoms with Crippen LogP contribution >= 0.6 is 0 Å². The number of hydrogen-bond donors (Lipinski definition) is 4. The van der Waals surface area contributed by atoms with Crippen molar-refractivity contribution in [3.63, 3.8) is 0 Å². The molecule has 0 saturated heterocycles. The smallest absolute Gasteiger partial charge is 0.325 e. The molecule has 9 nitrogen and oxygen atoms in total. The van der Waals surface area contributed by atoms with Gasteiger partial charge in [0.15, 0.2) is 0 Å². The van der Waals surface area contributed by atoms with Gasteiger partial charge in [-0.3, -0.25) is 19.4 Å². The van der Waals surface area contributed by atoms with Crippen LogP contribution in [0.15, 0.2) is 26.8 Å². The maximum Gasteiger partial charge on any atom is 0.325 e. The molecule has 2 heterocycles. The topological polar surface area (TPSA) is 141 Å². The molecule has 4 N–H and O–H groups in total. The van der Waals surface area contributed by atoms with E-state index in [1.165, 1.54) is 12.4 Å². The van der Waals surface area contributed by atoms with E-state index >= 15 is 0 Å². The van der Waals surface area contributed by atoms with Crippen LogP contribution < -0.4 is 22.1 Å². The standard InChI is InChI=1S/C15H19N5O4/c1-15(2,3)13-17-7-9(12(23)19-13)11(22)16-5-4-8-6-18-14(24)20-10(8)21/h6-7H,4-5H2,1-3H3,(H,16,22)(H,17,19,23)(H2,18,20,21,24). The van der Waals surface area contributed by atoms with E-state index in [1.54, 1.807) is 0 Å². The molecule has 0 spiro atoms. The summed E-state index contributed by atoms with van der Waals surface area (Å²) >= 11 is 0. The quantitative estimate of drug-likeness (QED) is 0.592. The zero-order valence-corrected chi connectivity index (χ0v) is 13.6. The van der Waals surface area contributed by atoms with Crippen LogP contribution in [0.4, 0.5) is 0 Å². The SMILES string of the molecule is CC(C)(C)c1ncc(C(=O)NCCc2c[nH]c(=O)[nH]c2=O)c(=O)[nH]1. The second kappa shape index (κ2) is 6.65. The maximum absolute atomic E-state index is 12.0. The number of nitrogens with zero attached hydrogens (tertiary/aromatic N) is 1. The van der Waals surface area contributed by atoms with E-state index in [0.717, 1.165) is 0 Å². The van der Waals surface area contributed by atoms with Crippen molar-refractivity contribution in [1.29, 1.82) is 0 Å². The number of hydrogen-bond acceptors (Lipinski definition) is 5. The zero-order valence-electron chi connectivity index (χ0n) is 13.6. The Kier molecular flexibility index (Phi) is 4.82. The van der Waals surface area contributed by atoms with Crippen molar-refractivity contribution in [2.75, 3.05) is 6.54 Å². The molecular weight excluding hydrogens is 314 g/mol. The molecule has 2 aromatic rings. The first kappa shape index (κ1) is 17.4. The molecule has 2 aromatic heterocycles. The largest absolute Gasteiger partial charge is 0.351 e. The lowest BCUT2D eigenvalue weighted by molar-refractivity contribution is 0.0952. The summed E-state index contributed by atoms with van der Waals surface area (Å²) in [5.41, 5.74) is -1.73. The summed E-state index contributed by atoms with van der Waals surface area (Å²) in [5, 5.41) is 2.54. The Bertz CT molecular complexity index is 917. The van der Waals surface area contributed by atoms with Gasteiger partial charge in [0.1, 0.15) is 11.4 Å². The van der Waals surface area contributed by atoms with Gasteiger partial charge < -0.3 is 15.3 Å². The van der Waals surface area contributed by atoms with Gasteiger partial charge >= 0.3 is 5.69 Å². The Labute approximate surface area is 136 Å². The lowest BCUT2D eigenvalue weighted by Gasteiger charge is -2.16. The molecule has 0 unspecified atom stereocenters. The summed E-state index contributed by atoms with van der Waals surface area (Å²) in [6.45, 7) is 5.82. The van der Waals surface area contributed by atoms with Crippen LogP contribution in [-0.4, -0.2) is 32.4 Å². The van der Waals surface area contributed by atoms with Gasteiger partial charge in [0.05, 0.1) is 0 Å². The molecule has 128 valence electrons. The maximum atomic E-state index is 12.0. The van der Waals surface area contributed by atoms with Crippen molar-refractivity contribution in [2.24, 2.45) is 0 Å². The molecule has 0 aliphatic heterocycles. The second-order valence-electron chi connectivity index (χ2n) is 6.33. The third-order valence-electron chi connectivity index (χ3n) is 3.33. The number of carbonyl (C=O) groups is 1. The first-order valence-electron chi connectivity index (χ1n) is 7.37. The summed E-state index contributed by atoms with van der Waals surface area (Å²) in [4.78, 5) is 57.6. The highest BCUT2D eigenvalue weighted by molar-refractivity contribution is 5.93. The van der Waals surface area contributed by atoms with Crippen LogP contribution in [-0.2, 0) is 11.8 Å². The molecule has 0 aliphatic rings. The summed E-state index contributed by atoms with van der Waals surface area (Å²) in [7, 11) is 0. The summed E-state index contributed by atoms with van der Waals surface area (Å²) in [5.74, 6) is -0.0890. The van der Waals surface area contributed by atoms with E-state index in [4.69, 9.17) is 0 Å². The van der Waals surface area contributed by atoms with Gasteiger partial charge in [-0.05, 0) is 6.42 Å². The Balaban J connectivity index is 2.04. The fourth-order valence-corrected chi connectivity index (χ4v) is 1.97. The van der Waals surface area contributed by atoms with Gasteiger partial charge in [0.2, 0.25) is 0 Å². The van der Waals surface area contributed by atoms with E-state index < -0.39 is 22.7 Å². The lowest BCUT2D eigenvalue weighted by Crippen LogP contribution is -2.34. The van der Waals surface area contributed by atoms with Crippen LogP contribution in [0, 0.1) is 0 Å². The number of aromatic amines is 3. The number of carbonyl (C=O) groups excluding carboxylic acids is 1. The third kappa shape index (κ3) is 4.06. The first-order valence-corrected chi connectivity index (χ1v) is 7.37. The van der Waals surface area contributed by atoms with Gasteiger partial charge in [-0.25, -0.2) is 9.78 Å². The Morgan fingerprint density at radius 3 is 2.46 bits per heavy atom. The number of aromatic nitrogens is 4.